The molecule has 2 aromatic heterocycles. The van der Waals surface area contributed by atoms with Crippen molar-refractivity contribution in [3.05, 3.63) is 81.8 Å². The van der Waals surface area contributed by atoms with Crippen LogP contribution >= 0.6 is 0 Å². The Morgan fingerprint density at radius 2 is 1.04 bits per heavy atom. The van der Waals surface area contributed by atoms with Gasteiger partial charge in [0.25, 0.3) is 12.4 Å². The third-order valence-corrected chi connectivity index (χ3v) is 5.59. The van der Waals surface area contributed by atoms with Crippen molar-refractivity contribution in [1.29, 1.82) is 0 Å². The molecule has 11 heteroatoms. The van der Waals surface area contributed by atoms with E-state index in [0.717, 1.165) is 0 Å². The van der Waals surface area contributed by atoms with Gasteiger partial charge in [0.2, 0.25) is 21.2 Å². The summed E-state index contributed by atoms with van der Waals surface area (Å²) in [6, 6.07) is 11.9. The maximum atomic E-state index is 12.8. The zero-order valence-electron chi connectivity index (χ0n) is 13.5. The molecule has 0 unspecified atom stereocenters. The van der Waals surface area contributed by atoms with E-state index >= 15 is 0 Å². The van der Waals surface area contributed by atoms with Crippen LogP contribution in [0.25, 0.3) is 11.4 Å². The standard InChI is InChI=1S/C16H10N4O6S/c21-15-9-19(17-25-15)11-1-5-13(6-2-11)27(23,24)14-7-3-12(4-8-14)20-10-16(22)26-18-20/h1-10H/p+2. The van der Waals surface area contributed by atoms with E-state index < -0.39 is 21.1 Å². The molecular weight excluding hydrogens is 376 g/mol. The van der Waals surface area contributed by atoms with E-state index in [2.05, 4.69) is 19.6 Å². The first-order chi connectivity index (χ1) is 12.9. The first-order valence-corrected chi connectivity index (χ1v) is 9.08. The number of sulfone groups is 1. The lowest BCUT2D eigenvalue weighted by atomic mass is 10.3. The fourth-order valence-electron chi connectivity index (χ4n) is 2.47. The number of hydrogen-bond donors (Lipinski definition) is 2. The number of rotatable bonds is 4. The second-order valence-electron chi connectivity index (χ2n) is 5.51. The van der Waals surface area contributed by atoms with Gasteiger partial charge in [0.15, 0.2) is 0 Å². The van der Waals surface area contributed by atoms with Gasteiger partial charge in [-0.3, -0.25) is 9.05 Å². The third-order valence-electron chi connectivity index (χ3n) is 3.81. The van der Waals surface area contributed by atoms with Crippen molar-refractivity contribution in [2.24, 2.45) is 0 Å². The summed E-state index contributed by atoms with van der Waals surface area (Å²) in [6.45, 7) is 0. The van der Waals surface area contributed by atoms with E-state index in [0.29, 0.717) is 11.4 Å². The Kier molecular flexibility index (Phi) is 3.85. The summed E-state index contributed by atoms with van der Waals surface area (Å²) in [5, 5.41) is 4.76. The molecule has 0 fully saturated rings. The highest BCUT2D eigenvalue weighted by molar-refractivity contribution is 7.91. The van der Waals surface area contributed by atoms with Gasteiger partial charge in [-0.2, -0.15) is 0 Å². The number of nitrogens with zero attached hydrogens (tertiary/aromatic N) is 2. The quantitative estimate of drug-likeness (QED) is 0.459. The van der Waals surface area contributed by atoms with Gasteiger partial charge >= 0.3 is 11.3 Å². The first-order valence-electron chi connectivity index (χ1n) is 7.60. The van der Waals surface area contributed by atoms with Crippen molar-refractivity contribution in [3.8, 4) is 11.4 Å². The van der Waals surface area contributed by atoms with Gasteiger partial charge in [-0.25, -0.2) is 18.0 Å². The minimum absolute atomic E-state index is 0.0924. The van der Waals surface area contributed by atoms with Crippen LogP contribution in [0.4, 0.5) is 0 Å². The summed E-state index contributed by atoms with van der Waals surface area (Å²) >= 11 is 0. The summed E-state index contributed by atoms with van der Waals surface area (Å²) in [7, 11) is -3.74. The van der Waals surface area contributed by atoms with Gasteiger partial charge < -0.3 is 0 Å². The van der Waals surface area contributed by atoms with E-state index in [1.54, 1.807) is 24.3 Å². The molecule has 0 aliphatic heterocycles. The van der Waals surface area contributed by atoms with Gasteiger partial charge in [-0.05, 0) is 44.2 Å². The fourth-order valence-corrected chi connectivity index (χ4v) is 3.73. The molecule has 0 aliphatic carbocycles. The van der Waals surface area contributed by atoms with E-state index in [1.807, 2.05) is 0 Å². The summed E-state index contributed by atoms with van der Waals surface area (Å²) in [5.74, 6) is 0. The van der Waals surface area contributed by atoms with Crippen molar-refractivity contribution in [1.82, 2.24) is 10.5 Å². The molecule has 2 aromatic carbocycles. The molecule has 0 spiro atoms. The Labute approximate surface area is 150 Å². The van der Waals surface area contributed by atoms with Crippen LogP contribution in [0.15, 0.2) is 89.4 Å². The van der Waals surface area contributed by atoms with E-state index in [9.17, 15) is 18.0 Å². The van der Waals surface area contributed by atoms with Crippen LogP contribution in [0.2, 0.25) is 0 Å². The first kappa shape index (κ1) is 16.7. The molecular formula is C16H12N4O6S+2. The second kappa shape index (κ2) is 6.21. The molecule has 0 amide bonds. The molecule has 0 saturated heterocycles. The van der Waals surface area contributed by atoms with Crippen LogP contribution in [-0.4, -0.2) is 19.0 Å². The molecule has 4 aromatic rings. The van der Waals surface area contributed by atoms with Crippen molar-refractivity contribution in [2.75, 3.05) is 0 Å². The number of H-pyrrole nitrogens is 2. The van der Waals surface area contributed by atoms with Crippen LogP contribution in [-0.2, 0) is 9.84 Å². The lowest BCUT2D eigenvalue weighted by molar-refractivity contribution is -0.670. The minimum atomic E-state index is -3.74. The van der Waals surface area contributed by atoms with E-state index in [4.69, 9.17) is 0 Å². The van der Waals surface area contributed by atoms with Crippen LogP contribution in [0.3, 0.4) is 0 Å². The van der Waals surface area contributed by atoms with E-state index in [-0.39, 0.29) is 9.79 Å². The molecule has 136 valence electrons. The molecule has 0 bridgehead atoms. The Balaban J connectivity index is 1.64. The smallest absolute Gasteiger partial charge is 0.283 e. The third kappa shape index (κ3) is 3.11. The van der Waals surface area contributed by atoms with Gasteiger partial charge in [0.1, 0.15) is 0 Å². The minimum Gasteiger partial charge on any atom is -0.283 e. The average Bonchev–Trinajstić information content (AvgIpc) is 3.30. The normalized spacial score (nSPS) is 11.6. The Hall–Kier alpha value is -3.73. The number of hydrogen-bond acceptors (Lipinski definition) is 6. The van der Waals surface area contributed by atoms with Gasteiger partial charge in [-0.1, -0.05) is 0 Å². The maximum Gasteiger partial charge on any atom is 0.427 e. The Morgan fingerprint density at radius 1 is 0.667 bits per heavy atom. The lowest BCUT2D eigenvalue weighted by Gasteiger charge is -2.04. The van der Waals surface area contributed by atoms with Crippen LogP contribution in [0.1, 0.15) is 0 Å². The molecule has 0 saturated carbocycles. The largest absolute Gasteiger partial charge is 0.427 e. The second-order valence-corrected chi connectivity index (χ2v) is 7.46. The Morgan fingerprint density at radius 3 is 1.33 bits per heavy atom. The molecule has 0 radical (unpaired) electrons. The average molecular weight is 388 g/mol. The topological polar surface area (TPSA) is 134 Å². The molecule has 4 rings (SSSR count). The van der Waals surface area contributed by atoms with Crippen LogP contribution in [0, 0.1) is 0 Å². The maximum absolute atomic E-state index is 12.8. The highest BCUT2D eigenvalue weighted by Crippen LogP contribution is 2.21. The fraction of sp³-hybridized carbons (Fsp3) is 0. The predicted molar refractivity (Wildman–Crippen MR) is 87.2 cm³/mol. The zero-order valence-corrected chi connectivity index (χ0v) is 14.3. The molecule has 27 heavy (non-hydrogen) atoms. The predicted octanol–water partition coefficient (Wildman–Crippen LogP) is -0.365. The summed E-state index contributed by atoms with van der Waals surface area (Å²) in [4.78, 5) is 22.3. The number of nitrogens with one attached hydrogen (secondary N) is 2. The summed E-state index contributed by atoms with van der Waals surface area (Å²) < 4.78 is 37.3. The number of aromatic nitrogens is 4. The molecule has 0 atom stereocenters. The monoisotopic (exact) mass is 388 g/mol. The number of aromatic amines is 2. The van der Waals surface area contributed by atoms with Crippen molar-refractivity contribution < 1.29 is 26.8 Å². The molecule has 2 heterocycles. The highest BCUT2D eigenvalue weighted by atomic mass is 32.2. The van der Waals surface area contributed by atoms with Crippen LogP contribution < -0.4 is 20.6 Å². The number of benzene rings is 2. The van der Waals surface area contributed by atoms with Crippen molar-refractivity contribution in [3.63, 3.8) is 0 Å². The molecule has 0 aliphatic rings. The van der Waals surface area contributed by atoms with Crippen molar-refractivity contribution in [2.45, 2.75) is 9.79 Å². The van der Waals surface area contributed by atoms with Crippen LogP contribution in [0.5, 0.6) is 0 Å². The lowest BCUT2D eigenvalue weighted by Crippen LogP contribution is -2.32. The highest BCUT2D eigenvalue weighted by Gasteiger charge is 2.21. The molecule has 10 nitrogen and oxygen atoms in total. The van der Waals surface area contributed by atoms with E-state index in [1.165, 1.54) is 46.0 Å². The SMILES string of the molecule is O=c1c[n+](-c2ccc(S(=O)(=O)c3ccc(-[n+]4cc(=O)o[nH]4)cc3)cc2)[nH]o1. The van der Waals surface area contributed by atoms with Gasteiger partial charge in [-0.15, -0.1) is 0 Å². The van der Waals surface area contributed by atoms with Crippen molar-refractivity contribution >= 4 is 9.84 Å². The summed E-state index contributed by atoms with van der Waals surface area (Å²) in [5.41, 5.74) is -0.0295. The summed E-state index contributed by atoms with van der Waals surface area (Å²) in [6.07, 6.45) is 2.39. The molecule has 2 N–H and O–H groups in total. The Bertz CT molecular complexity index is 1210. The van der Waals surface area contributed by atoms with Gasteiger partial charge in [0, 0.05) is 24.3 Å². The zero-order chi connectivity index (χ0) is 19.0. The van der Waals surface area contributed by atoms with Gasteiger partial charge in [0.05, 0.1) is 9.79 Å².